The number of hydrogen-bond donors (Lipinski definition) is 0. The molecule has 1 unspecified atom stereocenters. The lowest BCUT2D eigenvalue weighted by atomic mass is 10.1. The van der Waals surface area contributed by atoms with E-state index < -0.39 is 0 Å². The number of Topliss-reactive ketones (excluding diaryl/α,β-unsaturated/α-hetero) is 1. The van der Waals surface area contributed by atoms with E-state index in [4.69, 9.17) is 14.2 Å². The summed E-state index contributed by atoms with van der Waals surface area (Å²) >= 11 is 1.57. The third-order valence-corrected chi connectivity index (χ3v) is 5.94. The summed E-state index contributed by atoms with van der Waals surface area (Å²) in [6.45, 7) is 8.21. The molecular formula is C25H33FO5S. The number of carbonyl (C=O) groups excluding carboxylic acids is 2. The average Bonchev–Trinajstić information content (AvgIpc) is 2.75. The zero-order valence-electron chi connectivity index (χ0n) is 19.6. The van der Waals surface area contributed by atoms with Gasteiger partial charge in [0, 0.05) is 19.5 Å². The van der Waals surface area contributed by atoms with Gasteiger partial charge in [-0.3, -0.25) is 4.79 Å². The van der Waals surface area contributed by atoms with Crippen molar-refractivity contribution in [3.63, 3.8) is 0 Å². The fourth-order valence-electron chi connectivity index (χ4n) is 2.65. The first-order valence-electron chi connectivity index (χ1n) is 10.3. The topological polar surface area (TPSA) is 61.8 Å². The van der Waals surface area contributed by atoms with Crippen molar-refractivity contribution in [1.82, 2.24) is 0 Å². The molecule has 2 aromatic rings. The summed E-state index contributed by atoms with van der Waals surface area (Å²) in [5, 5.41) is 0.236. The van der Waals surface area contributed by atoms with Crippen molar-refractivity contribution in [3.8, 4) is 0 Å². The Bertz CT molecular complexity index is 848. The molecule has 2 aromatic carbocycles. The van der Waals surface area contributed by atoms with Crippen LogP contribution in [0.2, 0.25) is 0 Å². The lowest BCUT2D eigenvalue weighted by molar-refractivity contribution is -0.114. The van der Waals surface area contributed by atoms with Crippen molar-refractivity contribution in [2.75, 3.05) is 33.2 Å². The van der Waals surface area contributed by atoms with Crippen molar-refractivity contribution in [1.29, 1.82) is 0 Å². The van der Waals surface area contributed by atoms with Crippen molar-refractivity contribution < 1.29 is 28.2 Å². The fraction of sp³-hybridized carbons (Fsp3) is 0.440. The monoisotopic (exact) mass is 464 g/mol. The van der Waals surface area contributed by atoms with Crippen molar-refractivity contribution >= 4 is 23.5 Å². The molecule has 0 aliphatic carbocycles. The molecular weight excluding hydrogens is 431 g/mol. The molecule has 0 saturated carbocycles. The summed E-state index contributed by atoms with van der Waals surface area (Å²) in [7, 11) is 3.12. The van der Waals surface area contributed by atoms with Gasteiger partial charge in [0.05, 0.1) is 24.5 Å². The van der Waals surface area contributed by atoms with Crippen LogP contribution < -0.4 is 0 Å². The number of methoxy groups -OCH3 is 2. The smallest absolute Gasteiger partial charge is 0.338 e. The maximum Gasteiger partial charge on any atom is 0.338 e. The second kappa shape index (κ2) is 14.8. The highest BCUT2D eigenvalue weighted by atomic mass is 32.2. The summed E-state index contributed by atoms with van der Waals surface area (Å²) in [6, 6.07) is 11.9. The molecule has 0 fully saturated rings. The van der Waals surface area contributed by atoms with E-state index in [9.17, 15) is 14.0 Å². The molecule has 0 spiro atoms. The van der Waals surface area contributed by atoms with Gasteiger partial charge in [-0.2, -0.15) is 0 Å². The number of carbonyl (C=O) groups is 2. The van der Waals surface area contributed by atoms with Gasteiger partial charge in [-0.25, -0.2) is 9.18 Å². The first-order chi connectivity index (χ1) is 15.2. The van der Waals surface area contributed by atoms with E-state index in [1.807, 2.05) is 32.9 Å². The Morgan fingerprint density at radius 2 is 1.56 bits per heavy atom. The highest BCUT2D eigenvalue weighted by Crippen LogP contribution is 2.27. The molecule has 7 heteroatoms. The second-order valence-corrected chi connectivity index (χ2v) is 8.77. The van der Waals surface area contributed by atoms with E-state index >= 15 is 0 Å². The van der Waals surface area contributed by atoms with Gasteiger partial charge in [0.25, 0.3) is 0 Å². The van der Waals surface area contributed by atoms with Crippen molar-refractivity contribution in [2.24, 2.45) is 0 Å². The number of rotatable bonds is 10. The maximum atomic E-state index is 12.6. The van der Waals surface area contributed by atoms with Crippen LogP contribution in [0.5, 0.6) is 0 Å². The Morgan fingerprint density at radius 1 is 0.969 bits per heavy atom. The van der Waals surface area contributed by atoms with E-state index in [2.05, 4.69) is 0 Å². The molecule has 0 aliphatic heterocycles. The number of ether oxygens (including phenoxy) is 3. The summed E-state index contributed by atoms with van der Waals surface area (Å²) < 4.78 is 27.9. The lowest BCUT2D eigenvalue weighted by Gasteiger charge is -2.16. The molecule has 0 bridgehead atoms. The van der Waals surface area contributed by atoms with Gasteiger partial charge >= 0.3 is 5.97 Å². The highest BCUT2D eigenvalue weighted by Gasteiger charge is 2.16. The van der Waals surface area contributed by atoms with E-state index in [0.717, 1.165) is 16.7 Å². The molecule has 32 heavy (non-hydrogen) atoms. The number of esters is 1. The molecule has 2 rings (SSSR count). The summed E-state index contributed by atoms with van der Waals surface area (Å²) in [5.74, 6) is 0.108. The standard InChI is InChI=1S/C14H20O4.C11H13FOS/c1-10-5-6-12(7-11(10)2)14(15)18-13(8-16-3)9-17-4;1-8(13)7-14-9(2)10-3-5-11(12)6-4-10/h5-7,13H,8-9H2,1-4H3;3-6,9H,7H2,1-2H3. The fourth-order valence-corrected chi connectivity index (χ4v) is 3.48. The average molecular weight is 465 g/mol. The number of aryl methyl sites for hydroxylation is 2. The van der Waals surface area contributed by atoms with Gasteiger partial charge in [-0.1, -0.05) is 18.2 Å². The minimum atomic E-state index is -0.380. The molecule has 1 atom stereocenters. The Balaban J connectivity index is 0.000000330. The van der Waals surface area contributed by atoms with E-state index in [1.165, 1.54) is 12.1 Å². The Hall–Kier alpha value is -2.22. The van der Waals surface area contributed by atoms with Gasteiger partial charge in [0.2, 0.25) is 0 Å². The van der Waals surface area contributed by atoms with Crippen LogP contribution >= 0.6 is 11.8 Å². The Morgan fingerprint density at radius 3 is 2.06 bits per heavy atom. The first-order valence-corrected chi connectivity index (χ1v) is 11.3. The molecule has 5 nitrogen and oxygen atoms in total. The van der Waals surface area contributed by atoms with E-state index in [1.54, 1.807) is 51.1 Å². The van der Waals surface area contributed by atoms with Crippen LogP contribution in [-0.2, 0) is 19.0 Å². The number of hydrogen-bond acceptors (Lipinski definition) is 6. The Labute approximate surface area is 194 Å². The summed E-state index contributed by atoms with van der Waals surface area (Å²) in [6.07, 6.45) is -0.380. The van der Waals surface area contributed by atoms with Crippen molar-refractivity contribution in [3.05, 3.63) is 70.5 Å². The first kappa shape index (κ1) is 27.8. The van der Waals surface area contributed by atoms with Gasteiger partial charge < -0.3 is 14.2 Å². The summed E-state index contributed by atoms with van der Waals surface area (Å²) in [5.41, 5.74) is 3.82. The minimum absolute atomic E-state index is 0.170. The zero-order chi connectivity index (χ0) is 24.1. The molecule has 0 heterocycles. The molecule has 0 radical (unpaired) electrons. The Kier molecular flexibility index (Phi) is 12.8. The van der Waals surface area contributed by atoms with Crippen LogP contribution in [0.25, 0.3) is 0 Å². The molecule has 0 N–H and O–H groups in total. The normalized spacial score (nSPS) is 11.5. The SMILES string of the molecule is CC(=O)CSC(C)c1ccc(F)cc1.COCC(COC)OC(=O)c1ccc(C)c(C)c1. The predicted octanol–water partition coefficient (Wildman–Crippen LogP) is 5.33. The molecule has 0 aliphatic rings. The van der Waals surface area contributed by atoms with Crippen LogP contribution in [0.3, 0.4) is 0 Å². The third-order valence-electron chi connectivity index (χ3n) is 4.60. The zero-order valence-corrected chi connectivity index (χ0v) is 20.5. The molecule has 176 valence electrons. The van der Waals surface area contributed by atoms with Gasteiger partial charge in [0.1, 0.15) is 17.7 Å². The van der Waals surface area contributed by atoms with Crippen molar-refractivity contribution in [2.45, 2.75) is 39.0 Å². The molecule has 0 saturated heterocycles. The van der Waals surface area contributed by atoms with Crippen LogP contribution in [-0.4, -0.2) is 51.0 Å². The van der Waals surface area contributed by atoms with Gasteiger partial charge in [-0.15, -0.1) is 11.8 Å². The third kappa shape index (κ3) is 10.4. The van der Waals surface area contributed by atoms with Crippen LogP contribution in [0.15, 0.2) is 42.5 Å². The molecule has 0 amide bonds. The maximum absolute atomic E-state index is 12.6. The highest BCUT2D eigenvalue weighted by molar-refractivity contribution is 8.00. The van der Waals surface area contributed by atoms with Crippen LogP contribution in [0, 0.1) is 19.7 Å². The second-order valence-electron chi connectivity index (χ2n) is 7.44. The van der Waals surface area contributed by atoms with Crippen LogP contribution in [0.1, 0.15) is 46.1 Å². The van der Waals surface area contributed by atoms with Gasteiger partial charge in [-0.05, 0) is 68.7 Å². The molecule has 0 aromatic heterocycles. The minimum Gasteiger partial charge on any atom is -0.454 e. The predicted molar refractivity (Wildman–Crippen MR) is 127 cm³/mol. The largest absolute Gasteiger partial charge is 0.454 e. The van der Waals surface area contributed by atoms with E-state index in [0.29, 0.717) is 24.5 Å². The van der Waals surface area contributed by atoms with Gasteiger partial charge in [0.15, 0.2) is 0 Å². The number of thioether (sulfide) groups is 1. The summed E-state index contributed by atoms with van der Waals surface area (Å²) in [4.78, 5) is 22.7. The number of benzene rings is 2. The quantitative estimate of drug-likeness (QED) is 0.443. The number of ketones is 1. The lowest BCUT2D eigenvalue weighted by Crippen LogP contribution is -2.27. The number of halogens is 1. The van der Waals surface area contributed by atoms with E-state index in [-0.39, 0.29) is 28.9 Å². The van der Waals surface area contributed by atoms with Crippen LogP contribution in [0.4, 0.5) is 4.39 Å².